The van der Waals surface area contributed by atoms with Crippen LogP contribution in [0, 0.1) is 0 Å². The Kier molecular flexibility index (Phi) is 9.08. The fourth-order valence-electron chi connectivity index (χ4n) is 5.38. The summed E-state index contributed by atoms with van der Waals surface area (Å²) in [6.07, 6.45) is 5.67. The summed E-state index contributed by atoms with van der Waals surface area (Å²) in [6, 6.07) is 12.5. The van der Waals surface area contributed by atoms with Gasteiger partial charge in [-0.05, 0) is 49.7 Å². The van der Waals surface area contributed by atoms with Crippen LogP contribution in [0.2, 0.25) is 0 Å². The Balaban J connectivity index is 1.16. The fraction of sp³-hybridized carbons (Fsp3) is 0.467. The zero-order chi connectivity index (χ0) is 27.9. The quantitative estimate of drug-likeness (QED) is 0.401. The van der Waals surface area contributed by atoms with Gasteiger partial charge in [-0.25, -0.2) is 9.97 Å². The lowest BCUT2D eigenvalue weighted by molar-refractivity contribution is 0.0981. The summed E-state index contributed by atoms with van der Waals surface area (Å²) in [6.45, 7) is 7.10. The van der Waals surface area contributed by atoms with Crippen LogP contribution in [0.1, 0.15) is 18.4 Å². The van der Waals surface area contributed by atoms with Crippen LogP contribution in [0.5, 0.6) is 23.0 Å². The number of nitrogens with one attached hydrogen (secondary N) is 1. The van der Waals surface area contributed by atoms with Gasteiger partial charge in [-0.2, -0.15) is 0 Å². The third kappa shape index (κ3) is 6.86. The monoisotopic (exact) mass is 548 g/mol. The maximum absolute atomic E-state index is 5.87. The van der Waals surface area contributed by atoms with Gasteiger partial charge in [0.25, 0.3) is 0 Å². The molecular formula is C30H40N6O4. The molecule has 0 atom stereocenters. The Morgan fingerprint density at radius 1 is 0.800 bits per heavy atom. The van der Waals surface area contributed by atoms with Gasteiger partial charge in [0.2, 0.25) is 5.95 Å². The van der Waals surface area contributed by atoms with E-state index in [1.54, 1.807) is 33.7 Å². The number of piperazine rings is 1. The van der Waals surface area contributed by atoms with E-state index in [4.69, 9.17) is 18.9 Å². The summed E-state index contributed by atoms with van der Waals surface area (Å²) >= 11 is 0. The molecule has 2 aliphatic rings. The SMILES string of the molecule is COc1cc(COc2cnc(Nc3ccc(N4CCC(N5CCN(C)CC5)CC4)c(OC)c3)nc2)cc(OC)c1. The number of ether oxygens (including phenoxy) is 4. The minimum absolute atomic E-state index is 0.342. The molecule has 1 aromatic heterocycles. The first-order valence-electron chi connectivity index (χ1n) is 13.8. The number of nitrogens with zero attached hydrogens (tertiary/aromatic N) is 5. The highest BCUT2D eigenvalue weighted by Crippen LogP contribution is 2.34. The molecular weight excluding hydrogens is 508 g/mol. The lowest BCUT2D eigenvalue weighted by atomic mass is 10.0. The van der Waals surface area contributed by atoms with Crippen LogP contribution in [0.3, 0.4) is 0 Å². The average Bonchev–Trinajstić information content (AvgIpc) is 3.01. The Hall–Kier alpha value is -3.76. The minimum Gasteiger partial charge on any atom is -0.497 e. The van der Waals surface area contributed by atoms with E-state index >= 15 is 0 Å². The van der Waals surface area contributed by atoms with Crippen LogP contribution in [0.25, 0.3) is 0 Å². The minimum atomic E-state index is 0.342. The van der Waals surface area contributed by atoms with Crippen molar-refractivity contribution in [1.82, 2.24) is 19.8 Å². The topological polar surface area (TPSA) is 84.5 Å². The normalized spacial score (nSPS) is 16.9. The molecule has 0 radical (unpaired) electrons. The highest BCUT2D eigenvalue weighted by Gasteiger charge is 2.27. The standard InChI is InChI=1S/C30H40N6O4/c1-34-11-13-35(14-12-34)24-7-9-36(10-8-24)28-6-5-23(17-29(28)39-4)33-30-31-19-27(20-32-30)40-21-22-15-25(37-2)18-26(16-22)38-3/h5-6,15-20,24H,7-14,21H2,1-4H3,(H,31,32,33). The maximum Gasteiger partial charge on any atom is 0.227 e. The first-order chi connectivity index (χ1) is 19.5. The van der Waals surface area contributed by atoms with Crippen molar-refractivity contribution in [3.63, 3.8) is 0 Å². The number of hydrogen-bond acceptors (Lipinski definition) is 10. The lowest BCUT2D eigenvalue weighted by Crippen LogP contribution is -2.52. The smallest absolute Gasteiger partial charge is 0.227 e. The molecule has 2 aliphatic heterocycles. The van der Waals surface area contributed by atoms with Crippen molar-refractivity contribution in [2.75, 3.05) is 77.9 Å². The summed E-state index contributed by atoms with van der Waals surface area (Å²) in [4.78, 5) is 16.4. The van der Waals surface area contributed by atoms with Crippen LogP contribution in [-0.4, -0.2) is 93.5 Å². The molecule has 2 saturated heterocycles. The summed E-state index contributed by atoms with van der Waals surface area (Å²) in [5, 5.41) is 3.27. The summed E-state index contributed by atoms with van der Waals surface area (Å²) in [5.41, 5.74) is 2.92. The van der Waals surface area contributed by atoms with Crippen molar-refractivity contribution < 1.29 is 18.9 Å². The number of aromatic nitrogens is 2. The zero-order valence-electron chi connectivity index (χ0n) is 23.9. The van der Waals surface area contributed by atoms with Gasteiger partial charge in [0.05, 0.1) is 39.4 Å². The summed E-state index contributed by atoms with van der Waals surface area (Å²) < 4.78 is 22.3. The van der Waals surface area contributed by atoms with Gasteiger partial charge in [0.1, 0.15) is 23.9 Å². The van der Waals surface area contributed by atoms with Gasteiger partial charge in [0.15, 0.2) is 5.75 Å². The van der Waals surface area contributed by atoms with Crippen molar-refractivity contribution in [3.05, 3.63) is 54.4 Å². The molecule has 10 nitrogen and oxygen atoms in total. The Bertz CT molecular complexity index is 1220. The molecule has 2 fully saturated rings. The number of benzene rings is 2. The first-order valence-corrected chi connectivity index (χ1v) is 13.8. The Morgan fingerprint density at radius 3 is 2.10 bits per heavy atom. The number of likely N-dealkylation sites (N-methyl/N-ethyl adjacent to an activating group) is 1. The third-order valence-electron chi connectivity index (χ3n) is 7.74. The van der Waals surface area contributed by atoms with Gasteiger partial charge in [-0.1, -0.05) is 0 Å². The van der Waals surface area contributed by atoms with Gasteiger partial charge in [-0.15, -0.1) is 0 Å². The van der Waals surface area contributed by atoms with Crippen molar-refractivity contribution in [1.29, 1.82) is 0 Å². The van der Waals surface area contributed by atoms with E-state index in [0.717, 1.165) is 35.8 Å². The van der Waals surface area contributed by atoms with Crippen LogP contribution < -0.4 is 29.2 Å². The molecule has 0 aliphatic carbocycles. The maximum atomic E-state index is 5.87. The molecule has 0 saturated carbocycles. The largest absolute Gasteiger partial charge is 0.497 e. The van der Waals surface area contributed by atoms with Crippen molar-refractivity contribution >= 4 is 17.3 Å². The lowest BCUT2D eigenvalue weighted by Gasteiger charge is -2.42. The molecule has 0 spiro atoms. The summed E-state index contributed by atoms with van der Waals surface area (Å²) in [7, 11) is 7.18. The highest BCUT2D eigenvalue weighted by molar-refractivity contribution is 5.67. The van der Waals surface area contributed by atoms with Crippen LogP contribution in [0.4, 0.5) is 17.3 Å². The van der Waals surface area contributed by atoms with Crippen LogP contribution >= 0.6 is 0 Å². The molecule has 10 heteroatoms. The highest BCUT2D eigenvalue weighted by atomic mass is 16.5. The first kappa shape index (κ1) is 27.8. The number of rotatable bonds is 10. The second kappa shape index (κ2) is 13.1. The van der Waals surface area contributed by atoms with E-state index in [2.05, 4.69) is 43.1 Å². The van der Waals surface area contributed by atoms with E-state index in [0.29, 0.717) is 35.8 Å². The van der Waals surface area contributed by atoms with Gasteiger partial charge in [0, 0.05) is 63.1 Å². The second-order valence-corrected chi connectivity index (χ2v) is 10.3. The summed E-state index contributed by atoms with van der Waals surface area (Å²) in [5.74, 6) is 3.32. The predicted molar refractivity (Wildman–Crippen MR) is 156 cm³/mol. The van der Waals surface area contributed by atoms with Crippen molar-refractivity contribution in [3.8, 4) is 23.0 Å². The van der Waals surface area contributed by atoms with Crippen molar-refractivity contribution in [2.45, 2.75) is 25.5 Å². The van der Waals surface area contributed by atoms with Gasteiger partial charge < -0.3 is 34.1 Å². The molecule has 0 unspecified atom stereocenters. The molecule has 5 rings (SSSR count). The molecule has 40 heavy (non-hydrogen) atoms. The molecule has 3 aromatic rings. The van der Waals surface area contributed by atoms with Gasteiger partial charge in [-0.3, -0.25) is 4.90 Å². The van der Waals surface area contributed by atoms with E-state index in [1.807, 2.05) is 30.3 Å². The van der Waals surface area contributed by atoms with E-state index < -0.39 is 0 Å². The van der Waals surface area contributed by atoms with Gasteiger partial charge >= 0.3 is 0 Å². The molecule has 0 bridgehead atoms. The van der Waals surface area contributed by atoms with E-state index in [-0.39, 0.29) is 0 Å². The number of methoxy groups -OCH3 is 3. The third-order valence-corrected chi connectivity index (χ3v) is 7.74. The van der Waals surface area contributed by atoms with Crippen LogP contribution in [0.15, 0.2) is 48.8 Å². The predicted octanol–water partition coefficient (Wildman–Crippen LogP) is 4.04. The molecule has 3 heterocycles. The van der Waals surface area contributed by atoms with E-state index in [9.17, 15) is 0 Å². The average molecular weight is 549 g/mol. The van der Waals surface area contributed by atoms with E-state index in [1.165, 1.54) is 39.0 Å². The second-order valence-electron chi connectivity index (χ2n) is 10.3. The number of hydrogen-bond donors (Lipinski definition) is 1. The van der Waals surface area contributed by atoms with Crippen molar-refractivity contribution in [2.24, 2.45) is 0 Å². The number of piperidine rings is 1. The number of anilines is 3. The molecule has 0 amide bonds. The molecule has 2 aromatic carbocycles. The Morgan fingerprint density at radius 2 is 1.48 bits per heavy atom. The zero-order valence-corrected chi connectivity index (χ0v) is 23.9. The fourth-order valence-corrected chi connectivity index (χ4v) is 5.38. The molecule has 1 N–H and O–H groups in total. The molecule has 214 valence electrons. The van der Waals surface area contributed by atoms with Crippen LogP contribution in [-0.2, 0) is 6.61 Å². The Labute approximate surface area is 236 Å².